The quantitative estimate of drug-likeness (QED) is 0.847. The second kappa shape index (κ2) is 7.42. The highest BCUT2D eigenvalue weighted by Gasteiger charge is 2.30. The van der Waals surface area contributed by atoms with E-state index in [1.165, 1.54) is 11.1 Å². The van der Waals surface area contributed by atoms with Crippen LogP contribution in [-0.2, 0) is 17.9 Å². The third-order valence-electron chi connectivity index (χ3n) is 4.51. The Hall–Kier alpha value is -2.13. The van der Waals surface area contributed by atoms with E-state index >= 15 is 0 Å². The highest BCUT2D eigenvalue weighted by molar-refractivity contribution is 5.79. The number of likely N-dealkylation sites (tertiary alicyclic amines) is 1. The Morgan fingerprint density at radius 3 is 2.30 bits per heavy atom. The summed E-state index contributed by atoms with van der Waals surface area (Å²) in [4.78, 5) is 16.9. The minimum atomic E-state index is 0.132. The van der Waals surface area contributed by atoms with Gasteiger partial charge in [-0.05, 0) is 24.1 Å². The van der Waals surface area contributed by atoms with Crippen LogP contribution in [0.3, 0.4) is 0 Å². The Bertz CT molecular complexity index is 627. The molecule has 0 bridgehead atoms. The summed E-state index contributed by atoms with van der Waals surface area (Å²) in [6.45, 7) is 3.50. The van der Waals surface area contributed by atoms with Crippen molar-refractivity contribution in [3.63, 3.8) is 0 Å². The summed E-state index contributed by atoms with van der Waals surface area (Å²) in [6, 6.07) is 20.7. The summed E-state index contributed by atoms with van der Waals surface area (Å²) in [6.07, 6.45) is 0.963. The second-order valence-electron chi connectivity index (χ2n) is 6.39. The molecule has 1 fully saturated rings. The fourth-order valence-corrected chi connectivity index (χ4v) is 3.27. The number of amides is 1. The van der Waals surface area contributed by atoms with Gasteiger partial charge in [0, 0.05) is 26.7 Å². The SMILES string of the molecule is CN(Cc1ccccc1)C(=O)C1CCN(Cc2ccccc2)C1. The lowest BCUT2D eigenvalue weighted by Gasteiger charge is -2.22. The van der Waals surface area contributed by atoms with Crippen LogP contribution in [0.4, 0.5) is 0 Å². The van der Waals surface area contributed by atoms with Crippen LogP contribution in [0.2, 0.25) is 0 Å². The van der Waals surface area contributed by atoms with E-state index in [1.54, 1.807) is 0 Å². The van der Waals surface area contributed by atoms with Crippen LogP contribution in [0, 0.1) is 5.92 Å². The summed E-state index contributed by atoms with van der Waals surface area (Å²) < 4.78 is 0. The molecule has 3 nitrogen and oxygen atoms in total. The van der Waals surface area contributed by atoms with Gasteiger partial charge in [-0.2, -0.15) is 0 Å². The van der Waals surface area contributed by atoms with Gasteiger partial charge in [-0.25, -0.2) is 0 Å². The number of hydrogen-bond acceptors (Lipinski definition) is 2. The number of nitrogens with zero attached hydrogens (tertiary/aromatic N) is 2. The molecule has 1 amide bonds. The van der Waals surface area contributed by atoms with Crippen molar-refractivity contribution in [2.75, 3.05) is 20.1 Å². The molecular weight excluding hydrogens is 284 g/mol. The van der Waals surface area contributed by atoms with Crippen LogP contribution in [0.15, 0.2) is 60.7 Å². The van der Waals surface area contributed by atoms with Crippen LogP contribution < -0.4 is 0 Å². The Morgan fingerprint density at radius 1 is 1.04 bits per heavy atom. The molecule has 1 saturated heterocycles. The molecule has 0 spiro atoms. The summed E-state index contributed by atoms with van der Waals surface area (Å²) in [7, 11) is 1.91. The highest BCUT2D eigenvalue weighted by atomic mass is 16.2. The van der Waals surface area contributed by atoms with Gasteiger partial charge >= 0.3 is 0 Å². The fraction of sp³-hybridized carbons (Fsp3) is 0.350. The first-order valence-electron chi connectivity index (χ1n) is 8.27. The maximum absolute atomic E-state index is 12.6. The second-order valence-corrected chi connectivity index (χ2v) is 6.39. The molecule has 3 rings (SSSR count). The smallest absolute Gasteiger partial charge is 0.227 e. The normalized spacial score (nSPS) is 18.0. The van der Waals surface area contributed by atoms with E-state index in [-0.39, 0.29) is 11.8 Å². The van der Waals surface area contributed by atoms with Gasteiger partial charge in [0.25, 0.3) is 0 Å². The Kier molecular flexibility index (Phi) is 5.09. The van der Waals surface area contributed by atoms with Crippen LogP contribution in [0.1, 0.15) is 17.5 Å². The molecule has 1 unspecified atom stereocenters. The van der Waals surface area contributed by atoms with Crippen LogP contribution in [0.5, 0.6) is 0 Å². The Balaban J connectivity index is 1.52. The third kappa shape index (κ3) is 4.20. The average Bonchev–Trinajstić information content (AvgIpc) is 3.04. The fourth-order valence-electron chi connectivity index (χ4n) is 3.27. The summed E-state index contributed by atoms with van der Waals surface area (Å²) in [5, 5.41) is 0. The molecule has 120 valence electrons. The lowest BCUT2D eigenvalue weighted by Crippen LogP contribution is -2.34. The molecular formula is C20H24N2O. The van der Waals surface area contributed by atoms with Gasteiger partial charge in [0.2, 0.25) is 5.91 Å². The van der Waals surface area contributed by atoms with Gasteiger partial charge in [-0.1, -0.05) is 60.7 Å². The Labute approximate surface area is 138 Å². The van der Waals surface area contributed by atoms with Gasteiger partial charge < -0.3 is 4.90 Å². The van der Waals surface area contributed by atoms with E-state index in [4.69, 9.17) is 0 Å². The van der Waals surface area contributed by atoms with Crippen LogP contribution >= 0.6 is 0 Å². The van der Waals surface area contributed by atoms with Gasteiger partial charge in [0.05, 0.1) is 5.92 Å². The number of benzene rings is 2. The average molecular weight is 308 g/mol. The predicted molar refractivity (Wildman–Crippen MR) is 92.7 cm³/mol. The van der Waals surface area contributed by atoms with E-state index in [1.807, 2.05) is 36.2 Å². The van der Waals surface area contributed by atoms with Crippen LogP contribution in [0.25, 0.3) is 0 Å². The van der Waals surface area contributed by atoms with Crippen molar-refractivity contribution in [3.8, 4) is 0 Å². The van der Waals surface area contributed by atoms with Crippen molar-refractivity contribution < 1.29 is 4.79 Å². The monoisotopic (exact) mass is 308 g/mol. The zero-order valence-corrected chi connectivity index (χ0v) is 13.7. The highest BCUT2D eigenvalue weighted by Crippen LogP contribution is 2.21. The largest absolute Gasteiger partial charge is 0.341 e. The van der Waals surface area contributed by atoms with Gasteiger partial charge in [0.1, 0.15) is 0 Å². The van der Waals surface area contributed by atoms with Crippen molar-refractivity contribution in [2.45, 2.75) is 19.5 Å². The molecule has 2 aromatic carbocycles. The van der Waals surface area contributed by atoms with Crippen molar-refractivity contribution in [3.05, 3.63) is 71.8 Å². The molecule has 0 saturated carbocycles. The van der Waals surface area contributed by atoms with E-state index < -0.39 is 0 Å². The molecule has 0 aliphatic carbocycles. The topological polar surface area (TPSA) is 23.6 Å². The zero-order chi connectivity index (χ0) is 16.1. The molecule has 2 aromatic rings. The van der Waals surface area contributed by atoms with Crippen molar-refractivity contribution in [1.29, 1.82) is 0 Å². The van der Waals surface area contributed by atoms with Crippen LogP contribution in [-0.4, -0.2) is 35.8 Å². The van der Waals surface area contributed by atoms with Crippen molar-refractivity contribution in [1.82, 2.24) is 9.80 Å². The lowest BCUT2D eigenvalue weighted by atomic mass is 10.1. The molecule has 1 atom stereocenters. The molecule has 1 heterocycles. The molecule has 23 heavy (non-hydrogen) atoms. The summed E-state index contributed by atoms with van der Waals surface area (Å²) >= 11 is 0. The first-order valence-corrected chi connectivity index (χ1v) is 8.27. The maximum atomic E-state index is 12.6. The minimum Gasteiger partial charge on any atom is -0.341 e. The minimum absolute atomic E-state index is 0.132. The lowest BCUT2D eigenvalue weighted by molar-refractivity contribution is -0.134. The van der Waals surface area contributed by atoms with Gasteiger partial charge in [-0.15, -0.1) is 0 Å². The predicted octanol–water partition coefficient (Wildman–Crippen LogP) is 3.17. The summed E-state index contributed by atoms with van der Waals surface area (Å²) in [5.74, 6) is 0.400. The number of hydrogen-bond donors (Lipinski definition) is 0. The van der Waals surface area contributed by atoms with E-state index in [0.29, 0.717) is 6.54 Å². The molecule has 0 radical (unpaired) electrons. The van der Waals surface area contributed by atoms with Crippen molar-refractivity contribution >= 4 is 5.91 Å². The van der Waals surface area contributed by atoms with E-state index in [9.17, 15) is 4.79 Å². The van der Waals surface area contributed by atoms with E-state index in [2.05, 4.69) is 41.3 Å². The van der Waals surface area contributed by atoms with Gasteiger partial charge in [0.15, 0.2) is 0 Å². The Morgan fingerprint density at radius 2 is 1.65 bits per heavy atom. The molecule has 1 aliphatic heterocycles. The molecule has 3 heteroatoms. The standard InChI is InChI=1S/C20H24N2O/c1-21(14-17-8-4-2-5-9-17)20(23)19-12-13-22(16-19)15-18-10-6-3-7-11-18/h2-11,19H,12-16H2,1H3. The number of rotatable bonds is 5. The number of carbonyl (C=O) groups excluding carboxylic acids is 1. The van der Waals surface area contributed by atoms with E-state index in [0.717, 1.165) is 26.1 Å². The molecule has 0 aromatic heterocycles. The summed E-state index contributed by atoms with van der Waals surface area (Å²) in [5.41, 5.74) is 2.50. The van der Waals surface area contributed by atoms with Crippen molar-refractivity contribution in [2.24, 2.45) is 5.92 Å². The maximum Gasteiger partial charge on any atom is 0.227 e. The van der Waals surface area contributed by atoms with Gasteiger partial charge in [-0.3, -0.25) is 9.69 Å². The third-order valence-corrected chi connectivity index (χ3v) is 4.51. The first-order chi connectivity index (χ1) is 11.2. The molecule has 0 N–H and O–H groups in total. The zero-order valence-electron chi connectivity index (χ0n) is 13.7. The molecule has 1 aliphatic rings. The first kappa shape index (κ1) is 15.8. The number of carbonyl (C=O) groups is 1.